The first kappa shape index (κ1) is 23.1. The molecule has 0 aromatic carbocycles. The fourth-order valence-corrected chi connectivity index (χ4v) is 4.90. The molecule has 0 saturated heterocycles. The van der Waals surface area contributed by atoms with Crippen LogP contribution in [0, 0.1) is 11.6 Å². The maximum atomic E-state index is 15.6. The summed E-state index contributed by atoms with van der Waals surface area (Å²) >= 11 is 8.43. The number of carbonyl (C=O) groups excluding carboxylic acids is 1. The van der Waals surface area contributed by atoms with Gasteiger partial charge in [0.2, 0.25) is 0 Å². The van der Waals surface area contributed by atoms with Gasteiger partial charge in [0, 0.05) is 33.8 Å². The summed E-state index contributed by atoms with van der Waals surface area (Å²) in [7, 11) is 0. The van der Waals surface area contributed by atoms with E-state index in [0.717, 1.165) is 19.7 Å². The molecule has 178 valence electrons. The minimum atomic E-state index is -1.19. The predicted octanol–water partition coefficient (Wildman–Crippen LogP) is 5.10. The lowest BCUT2D eigenvalue weighted by Gasteiger charge is -2.07. The van der Waals surface area contributed by atoms with Gasteiger partial charge in [-0.15, -0.1) is 11.3 Å². The van der Waals surface area contributed by atoms with Gasteiger partial charge in [0.15, 0.2) is 23.2 Å². The molecule has 5 heterocycles. The molecule has 13 heteroatoms. The Bertz CT molecular complexity index is 1560. The van der Waals surface area contributed by atoms with Crippen molar-refractivity contribution >= 4 is 46.2 Å². The van der Waals surface area contributed by atoms with Crippen LogP contribution in [-0.4, -0.2) is 24.6 Å². The Hall–Kier alpha value is -3.61. The molecule has 0 unspecified atom stereocenters. The van der Waals surface area contributed by atoms with E-state index in [4.69, 9.17) is 16.0 Å². The first-order valence-electron chi connectivity index (χ1n) is 10.0. The highest BCUT2D eigenvalue weighted by Crippen LogP contribution is 2.30. The molecule has 8 nitrogen and oxygen atoms in total. The zero-order valence-corrected chi connectivity index (χ0v) is 20.0. The third-order valence-corrected chi connectivity index (χ3v) is 6.88. The van der Waals surface area contributed by atoms with Crippen LogP contribution >= 0.6 is 34.5 Å². The summed E-state index contributed by atoms with van der Waals surface area (Å²) in [5.41, 5.74) is -1.09. The normalized spacial score (nSPS) is 11.2. The second kappa shape index (κ2) is 9.56. The third kappa shape index (κ3) is 4.55. The molecule has 0 aliphatic carbocycles. The van der Waals surface area contributed by atoms with E-state index in [0.29, 0.717) is 4.34 Å². The number of carbonyl (C=O) groups is 1. The summed E-state index contributed by atoms with van der Waals surface area (Å²) in [4.78, 5) is 26.3. The molecule has 0 bridgehead atoms. The van der Waals surface area contributed by atoms with Crippen molar-refractivity contribution < 1.29 is 18.0 Å². The van der Waals surface area contributed by atoms with Crippen LogP contribution in [0.25, 0.3) is 11.3 Å². The minimum absolute atomic E-state index is 0.0958. The number of nitrogens with one attached hydrogen (secondary N) is 1. The zero-order valence-electron chi connectivity index (χ0n) is 17.6. The SMILES string of the molecule is O=C(c1ccco1)n1nc(-c2ccn(Cc3cnsc3)c(=O)c2F)c(F)c1NCc1ccc(Cl)s1. The molecule has 0 fully saturated rings. The van der Waals surface area contributed by atoms with Crippen molar-refractivity contribution in [3.8, 4) is 11.3 Å². The zero-order chi connectivity index (χ0) is 24.5. The van der Waals surface area contributed by atoms with Gasteiger partial charge < -0.3 is 14.3 Å². The topological polar surface area (TPSA) is 94.9 Å². The van der Waals surface area contributed by atoms with Crippen LogP contribution in [0.1, 0.15) is 21.0 Å². The number of halogens is 3. The molecule has 0 aliphatic rings. The van der Waals surface area contributed by atoms with Crippen molar-refractivity contribution in [1.82, 2.24) is 18.7 Å². The highest BCUT2D eigenvalue weighted by molar-refractivity contribution is 7.16. The molecule has 0 radical (unpaired) electrons. The van der Waals surface area contributed by atoms with Gasteiger partial charge >= 0.3 is 5.91 Å². The monoisotopic (exact) mass is 533 g/mol. The predicted molar refractivity (Wildman–Crippen MR) is 128 cm³/mol. The molecule has 0 aliphatic heterocycles. The van der Waals surface area contributed by atoms with E-state index >= 15 is 8.78 Å². The molecule has 0 spiro atoms. The van der Waals surface area contributed by atoms with Crippen molar-refractivity contribution in [2.75, 3.05) is 5.32 Å². The average Bonchev–Trinajstić information content (AvgIpc) is 3.65. The number of hydrogen-bond acceptors (Lipinski definition) is 8. The Morgan fingerprint density at radius 2 is 2.06 bits per heavy atom. The van der Waals surface area contributed by atoms with Crippen LogP contribution in [0.4, 0.5) is 14.6 Å². The summed E-state index contributed by atoms with van der Waals surface area (Å²) in [5.74, 6) is -3.36. The van der Waals surface area contributed by atoms with Gasteiger partial charge in [0.25, 0.3) is 5.56 Å². The van der Waals surface area contributed by atoms with Crippen LogP contribution in [0.5, 0.6) is 0 Å². The quantitative estimate of drug-likeness (QED) is 0.313. The number of rotatable bonds is 7. The van der Waals surface area contributed by atoms with E-state index in [9.17, 15) is 9.59 Å². The number of pyridine rings is 1. The van der Waals surface area contributed by atoms with E-state index in [2.05, 4.69) is 14.8 Å². The summed E-state index contributed by atoms with van der Waals surface area (Å²) in [6.07, 6.45) is 4.20. The molecular weight excluding hydrogens is 520 g/mol. The standard InChI is InChI=1S/C22H14ClF2N5O3S2/c23-16-4-3-13(35-16)9-26-20-18(25)19(28-30(20)21(31)15-2-1-7-33-15)14-5-6-29(22(32)17(14)24)10-12-8-27-34-11-12/h1-8,11,26H,9-10H2. The molecule has 1 N–H and O–H groups in total. The summed E-state index contributed by atoms with van der Waals surface area (Å²) in [5, 5.41) is 8.57. The van der Waals surface area contributed by atoms with Gasteiger partial charge in [-0.1, -0.05) is 11.6 Å². The molecule has 35 heavy (non-hydrogen) atoms. The first-order valence-corrected chi connectivity index (χ1v) is 12.1. The Labute approximate surface area is 209 Å². The van der Waals surface area contributed by atoms with Gasteiger partial charge in [0.1, 0.15) is 5.69 Å². The van der Waals surface area contributed by atoms with Crippen molar-refractivity contribution in [2.24, 2.45) is 0 Å². The Morgan fingerprint density at radius 1 is 1.20 bits per heavy atom. The average molecular weight is 534 g/mol. The number of furan rings is 1. The molecule has 0 atom stereocenters. The van der Waals surface area contributed by atoms with Crippen LogP contribution in [0.2, 0.25) is 4.34 Å². The van der Waals surface area contributed by atoms with Crippen molar-refractivity contribution in [2.45, 2.75) is 13.1 Å². The van der Waals surface area contributed by atoms with E-state index in [1.807, 2.05) is 0 Å². The maximum Gasteiger partial charge on any atom is 0.315 e. The molecule has 0 amide bonds. The smallest absolute Gasteiger partial charge is 0.315 e. The van der Waals surface area contributed by atoms with Crippen LogP contribution in [-0.2, 0) is 13.1 Å². The molecular formula is C22H14ClF2N5O3S2. The van der Waals surface area contributed by atoms with E-state index in [-0.39, 0.29) is 30.2 Å². The largest absolute Gasteiger partial charge is 0.459 e. The fourth-order valence-electron chi connectivity index (χ4n) is 3.35. The maximum absolute atomic E-state index is 15.6. The summed E-state index contributed by atoms with van der Waals surface area (Å²) in [6, 6.07) is 7.57. The van der Waals surface area contributed by atoms with E-state index < -0.39 is 28.8 Å². The second-order valence-electron chi connectivity index (χ2n) is 7.27. The second-order valence-corrected chi connectivity index (χ2v) is 9.73. The van der Waals surface area contributed by atoms with Gasteiger partial charge in [-0.25, -0.2) is 13.2 Å². The van der Waals surface area contributed by atoms with Gasteiger partial charge in [0.05, 0.1) is 23.7 Å². The van der Waals surface area contributed by atoms with Crippen molar-refractivity contribution in [3.05, 3.63) is 96.9 Å². The Balaban J connectivity index is 1.55. The van der Waals surface area contributed by atoms with Gasteiger partial charge in [-0.2, -0.15) is 9.78 Å². The number of hydrogen-bond donors (Lipinski definition) is 1. The highest BCUT2D eigenvalue weighted by Gasteiger charge is 2.27. The summed E-state index contributed by atoms with van der Waals surface area (Å²) < 4.78 is 42.2. The number of anilines is 1. The minimum Gasteiger partial charge on any atom is -0.459 e. The number of thiophene rings is 1. The molecule has 5 aromatic rings. The van der Waals surface area contributed by atoms with E-state index in [1.54, 1.807) is 23.7 Å². The van der Waals surface area contributed by atoms with Crippen LogP contribution in [0.3, 0.4) is 0 Å². The van der Waals surface area contributed by atoms with Crippen molar-refractivity contribution in [1.29, 1.82) is 0 Å². The van der Waals surface area contributed by atoms with Gasteiger partial charge in [-0.3, -0.25) is 9.59 Å². The Morgan fingerprint density at radius 3 is 2.74 bits per heavy atom. The molecule has 5 aromatic heterocycles. The highest BCUT2D eigenvalue weighted by atomic mass is 35.5. The van der Waals surface area contributed by atoms with Crippen LogP contribution in [0.15, 0.2) is 63.6 Å². The van der Waals surface area contributed by atoms with E-state index in [1.165, 1.54) is 53.5 Å². The number of aromatic nitrogens is 4. The lowest BCUT2D eigenvalue weighted by atomic mass is 10.1. The van der Waals surface area contributed by atoms with Gasteiger partial charge in [-0.05, 0) is 41.9 Å². The Kier molecular flexibility index (Phi) is 6.32. The summed E-state index contributed by atoms with van der Waals surface area (Å²) in [6.45, 7) is 0.236. The third-order valence-electron chi connectivity index (χ3n) is 5.01. The molecule has 5 rings (SSSR count). The van der Waals surface area contributed by atoms with Crippen molar-refractivity contribution in [3.63, 3.8) is 0 Å². The first-order chi connectivity index (χ1) is 16.9. The van der Waals surface area contributed by atoms with Crippen LogP contribution < -0.4 is 10.9 Å². The molecule has 0 saturated carbocycles. The fraction of sp³-hybridized carbons (Fsp3) is 0.0909. The lowest BCUT2D eigenvalue weighted by molar-refractivity contribution is 0.0919. The lowest BCUT2D eigenvalue weighted by Crippen LogP contribution is -2.23. The number of nitrogens with zero attached hydrogens (tertiary/aromatic N) is 4.